The highest BCUT2D eigenvalue weighted by Crippen LogP contribution is 2.28. The number of hydrogen-bond acceptors (Lipinski definition) is 4. The van der Waals surface area contributed by atoms with Gasteiger partial charge in [-0.05, 0) is 42.0 Å². The van der Waals surface area contributed by atoms with E-state index < -0.39 is 0 Å². The maximum absolute atomic E-state index is 10.1. The molecule has 21 heavy (non-hydrogen) atoms. The Morgan fingerprint density at radius 1 is 1.24 bits per heavy atom. The van der Waals surface area contributed by atoms with Crippen LogP contribution in [0.15, 0.2) is 18.2 Å². The Labute approximate surface area is 126 Å². The Kier molecular flexibility index (Phi) is 4.78. The summed E-state index contributed by atoms with van der Waals surface area (Å²) >= 11 is 0. The van der Waals surface area contributed by atoms with Crippen LogP contribution in [0.1, 0.15) is 43.2 Å². The second-order valence-electron chi connectivity index (χ2n) is 6.55. The molecule has 1 aromatic carbocycles. The van der Waals surface area contributed by atoms with Gasteiger partial charge in [0.15, 0.2) is 0 Å². The molecule has 3 rings (SSSR count). The van der Waals surface area contributed by atoms with Gasteiger partial charge in [-0.1, -0.05) is 31.7 Å². The van der Waals surface area contributed by atoms with Gasteiger partial charge in [-0.25, -0.2) is 0 Å². The van der Waals surface area contributed by atoms with E-state index in [1.165, 1.54) is 36.8 Å². The van der Waals surface area contributed by atoms with Crippen LogP contribution in [0.4, 0.5) is 0 Å². The minimum absolute atomic E-state index is 0.333. The average molecular weight is 290 g/mol. The summed E-state index contributed by atoms with van der Waals surface area (Å²) in [6.07, 6.45) is 6.65. The van der Waals surface area contributed by atoms with E-state index in [2.05, 4.69) is 10.6 Å². The zero-order valence-corrected chi connectivity index (χ0v) is 12.5. The number of aliphatic hydroxyl groups excluding tert-OH is 1. The molecule has 0 saturated heterocycles. The molecule has 0 bridgehead atoms. The summed E-state index contributed by atoms with van der Waals surface area (Å²) in [5.41, 5.74) is 2.47. The summed E-state index contributed by atoms with van der Waals surface area (Å²) in [4.78, 5) is 0. The number of benzene rings is 1. The molecule has 4 heteroatoms. The van der Waals surface area contributed by atoms with Gasteiger partial charge >= 0.3 is 0 Å². The number of aromatic hydroxyl groups is 1. The van der Waals surface area contributed by atoms with E-state index in [9.17, 15) is 10.2 Å². The number of nitrogens with one attached hydrogen (secondary N) is 2. The molecule has 0 amide bonds. The summed E-state index contributed by atoms with van der Waals surface area (Å²) < 4.78 is 0. The molecule has 0 spiro atoms. The predicted octanol–water partition coefficient (Wildman–Crippen LogP) is 1.89. The minimum Gasteiger partial charge on any atom is -0.508 e. The van der Waals surface area contributed by atoms with Gasteiger partial charge in [-0.3, -0.25) is 5.32 Å². The minimum atomic E-state index is -0.379. The fourth-order valence-corrected chi connectivity index (χ4v) is 3.64. The van der Waals surface area contributed by atoms with Crippen molar-refractivity contribution in [3.8, 4) is 5.75 Å². The van der Waals surface area contributed by atoms with E-state index in [0.29, 0.717) is 17.7 Å². The summed E-state index contributed by atoms with van der Waals surface area (Å²) in [5, 5.41) is 26.3. The van der Waals surface area contributed by atoms with Gasteiger partial charge < -0.3 is 15.5 Å². The van der Waals surface area contributed by atoms with Gasteiger partial charge in [0.2, 0.25) is 0 Å². The first-order valence-electron chi connectivity index (χ1n) is 8.16. The molecular formula is C17H26N2O2. The van der Waals surface area contributed by atoms with Crippen molar-refractivity contribution in [2.75, 3.05) is 6.54 Å². The van der Waals surface area contributed by atoms with Crippen molar-refractivity contribution < 1.29 is 10.2 Å². The van der Waals surface area contributed by atoms with E-state index in [4.69, 9.17) is 0 Å². The second kappa shape index (κ2) is 6.77. The van der Waals surface area contributed by atoms with E-state index >= 15 is 0 Å². The maximum atomic E-state index is 10.1. The van der Waals surface area contributed by atoms with Crippen LogP contribution in [-0.2, 0) is 13.0 Å². The lowest BCUT2D eigenvalue weighted by atomic mass is 9.95. The van der Waals surface area contributed by atoms with Gasteiger partial charge in [0.25, 0.3) is 0 Å². The summed E-state index contributed by atoms with van der Waals surface area (Å²) in [5.74, 6) is 1.04. The molecule has 0 aromatic heterocycles. The van der Waals surface area contributed by atoms with Gasteiger partial charge in [0.1, 0.15) is 12.0 Å². The Morgan fingerprint density at radius 3 is 2.86 bits per heavy atom. The van der Waals surface area contributed by atoms with E-state index in [1.807, 2.05) is 12.1 Å². The lowest BCUT2D eigenvalue weighted by molar-refractivity contribution is 0.105. The molecule has 4 nitrogen and oxygen atoms in total. The lowest BCUT2D eigenvalue weighted by Crippen LogP contribution is -2.46. The molecule has 2 aliphatic rings. The number of phenols is 1. The van der Waals surface area contributed by atoms with Crippen LogP contribution >= 0.6 is 0 Å². The Hall–Kier alpha value is -1.10. The third-order valence-corrected chi connectivity index (χ3v) is 4.87. The topological polar surface area (TPSA) is 64.5 Å². The molecule has 0 unspecified atom stereocenters. The van der Waals surface area contributed by atoms with Gasteiger partial charge in [-0.2, -0.15) is 0 Å². The van der Waals surface area contributed by atoms with Crippen LogP contribution in [0.2, 0.25) is 0 Å². The molecular weight excluding hydrogens is 264 g/mol. The molecule has 4 N–H and O–H groups in total. The Balaban J connectivity index is 1.45. The van der Waals surface area contributed by atoms with E-state index in [1.54, 1.807) is 6.07 Å². The fraction of sp³-hybridized carbons (Fsp3) is 0.647. The monoisotopic (exact) mass is 290 g/mol. The van der Waals surface area contributed by atoms with Crippen molar-refractivity contribution in [2.45, 2.75) is 57.3 Å². The van der Waals surface area contributed by atoms with E-state index in [-0.39, 0.29) is 6.23 Å². The van der Waals surface area contributed by atoms with Crippen LogP contribution in [-0.4, -0.2) is 29.0 Å². The van der Waals surface area contributed by atoms with E-state index in [0.717, 1.165) is 25.9 Å². The van der Waals surface area contributed by atoms with Gasteiger partial charge in [-0.15, -0.1) is 0 Å². The standard InChI is InChI=1S/C17H26N2O2/c20-16-6-5-13-8-15(18-10-14(13)9-16)11-19-17(21)7-12-3-1-2-4-12/h5-6,9,12,15,17-21H,1-4,7-8,10-11H2/t15-,17+/m1/s1. The number of rotatable bonds is 5. The van der Waals surface area contributed by atoms with Gasteiger partial charge in [0.05, 0.1) is 0 Å². The van der Waals surface area contributed by atoms with Crippen molar-refractivity contribution in [3.63, 3.8) is 0 Å². The highest BCUT2D eigenvalue weighted by atomic mass is 16.3. The smallest absolute Gasteiger partial charge is 0.115 e. The molecule has 1 heterocycles. The second-order valence-corrected chi connectivity index (χ2v) is 6.55. The number of fused-ring (bicyclic) bond motifs is 1. The first kappa shape index (κ1) is 14.8. The van der Waals surface area contributed by atoms with Crippen molar-refractivity contribution in [1.82, 2.24) is 10.6 Å². The van der Waals surface area contributed by atoms with Crippen LogP contribution < -0.4 is 10.6 Å². The Bertz CT molecular complexity index is 472. The molecule has 1 saturated carbocycles. The molecule has 0 radical (unpaired) electrons. The zero-order valence-electron chi connectivity index (χ0n) is 12.5. The zero-order chi connectivity index (χ0) is 14.7. The SMILES string of the molecule is Oc1ccc2c(c1)CN[C@@H](CN[C@@H](O)CC1CCCC1)C2. The predicted molar refractivity (Wildman–Crippen MR) is 83.0 cm³/mol. The van der Waals surface area contributed by atoms with Crippen molar-refractivity contribution in [1.29, 1.82) is 0 Å². The third-order valence-electron chi connectivity index (χ3n) is 4.87. The Morgan fingerprint density at radius 2 is 2.05 bits per heavy atom. The average Bonchev–Trinajstić information content (AvgIpc) is 2.98. The van der Waals surface area contributed by atoms with Crippen molar-refractivity contribution >= 4 is 0 Å². The number of hydrogen-bond donors (Lipinski definition) is 4. The molecule has 1 aromatic rings. The summed E-state index contributed by atoms with van der Waals surface area (Å²) in [6.45, 7) is 1.57. The fourth-order valence-electron chi connectivity index (χ4n) is 3.64. The molecule has 1 aliphatic carbocycles. The highest BCUT2D eigenvalue weighted by molar-refractivity contribution is 5.36. The van der Waals surface area contributed by atoms with Crippen LogP contribution in [0.5, 0.6) is 5.75 Å². The quantitative estimate of drug-likeness (QED) is 0.625. The highest BCUT2D eigenvalue weighted by Gasteiger charge is 2.21. The molecule has 1 aliphatic heterocycles. The number of phenolic OH excluding ortho intramolecular Hbond substituents is 1. The van der Waals surface area contributed by atoms with Crippen molar-refractivity contribution in [2.24, 2.45) is 5.92 Å². The van der Waals surface area contributed by atoms with Gasteiger partial charge in [0, 0.05) is 19.1 Å². The van der Waals surface area contributed by atoms with Crippen LogP contribution in [0.25, 0.3) is 0 Å². The van der Waals surface area contributed by atoms with Crippen LogP contribution in [0, 0.1) is 5.92 Å². The summed E-state index contributed by atoms with van der Waals surface area (Å²) in [7, 11) is 0. The third kappa shape index (κ3) is 3.96. The van der Waals surface area contributed by atoms with Crippen molar-refractivity contribution in [3.05, 3.63) is 29.3 Å². The summed E-state index contributed by atoms with van der Waals surface area (Å²) in [6, 6.07) is 5.94. The molecule has 1 fully saturated rings. The normalized spacial score (nSPS) is 24.0. The first-order chi connectivity index (χ1) is 10.2. The molecule has 116 valence electrons. The van der Waals surface area contributed by atoms with Crippen LogP contribution in [0.3, 0.4) is 0 Å². The lowest BCUT2D eigenvalue weighted by Gasteiger charge is -2.28. The molecule has 2 atom stereocenters. The first-order valence-corrected chi connectivity index (χ1v) is 8.16. The maximum Gasteiger partial charge on any atom is 0.115 e. The largest absolute Gasteiger partial charge is 0.508 e. The number of aliphatic hydroxyl groups is 1.